The molecule has 0 bridgehead atoms. The molecule has 0 aliphatic heterocycles. The van der Waals surface area contributed by atoms with Crippen LogP contribution in [0.4, 0.5) is 21.5 Å². The normalized spacial score (nSPS) is 10.4. The molecule has 2 aromatic carbocycles. The number of hydrogen-bond acceptors (Lipinski definition) is 3. The molecule has 0 radical (unpaired) electrons. The van der Waals surface area contributed by atoms with Crippen molar-refractivity contribution in [2.45, 2.75) is 6.92 Å². The molecule has 3 rings (SSSR count). The van der Waals surface area contributed by atoms with Gasteiger partial charge in [-0.1, -0.05) is 23.7 Å². The third-order valence-corrected chi connectivity index (χ3v) is 3.83. The van der Waals surface area contributed by atoms with Gasteiger partial charge in [-0.15, -0.1) is 0 Å². The number of hydrogen-bond donors (Lipinski definition) is 2. The van der Waals surface area contributed by atoms with Gasteiger partial charge in [0.15, 0.2) is 0 Å². The first-order chi connectivity index (χ1) is 12.0. The lowest BCUT2D eigenvalue weighted by atomic mass is 10.2. The van der Waals surface area contributed by atoms with E-state index in [1.165, 1.54) is 18.5 Å². The first-order valence-electron chi connectivity index (χ1n) is 7.57. The van der Waals surface area contributed by atoms with Gasteiger partial charge in [0, 0.05) is 16.9 Å². The highest BCUT2D eigenvalue weighted by molar-refractivity contribution is 6.30. The molecule has 0 saturated heterocycles. The number of aromatic nitrogens is 1. The van der Waals surface area contributed by atoms with E-state index in [2.05, 4.69) is 15.6 Å². The summed E-state index contributed by atoms with van der Waals surface area (Å²) in [4.78, 5) is 16.5. The summed E-state index contributed by atoms with van der Waals surface area (Å²) >= 11 is 5.92. The molecule has 0 aliphatic rings. The fraction of sp³-hybridized carbons (Fsp3) is 0.0526. The van der Waals surface area contributed by atoms with Gasteiger partial charge < -0.3 is 10.6 Å². The molecule has 0 aliphatic carbocycles. The fourth-order valence-corrected chi connectivity index (χ4v) is 2.54. The average Bonchev–Trinajstić information content (AvgIpc) is 2.60. The third kappa shape index (κ3) is 4.14. The number of aryl methyl sites for hydroxylation is 1. The van der Waals surface area contributed by atoms with E-state index in [9.17, 15) is 9.18 Å². The Morgan fingerprint density at radius 2 is 1.88 bits per heavy atom. The summed E-state index contributed by atoms with van der Waals surface area (Å²) < 4.78 is 13.7. The molecule has 6 heteroatoms. The lowest BCUT2D eigenvalue weighted by molar-refractivity contribution is 0.102. The number of rotatable bonds is 4. The second-order valence-corrected chi connectivity index (χ2v) is 5.92. The number of nitrogens with one attached hydrogen (secondary N) is 2. The maximum Gasteiger partial charge on any atom is 0.257 e. The maximum absolute atomic E-state index is 13.7. The number of halogens is 2. The molecule has 3 aromatic rings. The lowest BCUT2D eigenvalue weighted by Gasteiger charge is -2.10. The largest absolute Gasteiger partial charge is 0.352 e. The lowest BCUT2D eigenvalue weighted by Crippen LogP contribution is -2.13. The molecule has 126 valence electrons. The molecule has 0 unspecified atom stereocenters. The Bertz CT molecular complexity index is 930. The maximum atomic E-state index is 13.7. The van der Waals surface area contributed by atoms with Crippen molar-refractivity contribution in [3.05, 3.63) is 82.9 Å². The van der Waals surface area contributed by atoms with Crippen molar-refractivity contribution < 1.29 is 9.18 Å². The summed E-state index contributed by atoms with van der Waals surface area (Å²) in [6, 6.07) is 13.1. The van der Waals surface area contributed by atoms with Gasteiger partial charge in [0.05, 0.1) is 23.1 Å². The number of pyridine rings is 1. The van der Waals surface area contributed by atoms with Crippen LogP contribution in [0.25, 0.3) is 0 Å². The second kappa shape index (κ2) is 7.32. The van der Waals surface area contributed by atoms with Gasteiger partial charge in [-0.05, 0) is 48.9 Å². The van der Waals surface area contributed by atoms with Gasteiger partial charge in [-0.25, -0.2) is 4.39 Å². The first-order valence-corrected chi connectivity index (χ1v) is 7.95. The number of anilines is 3. The third-order valence-electron chi connectivity index (χ3n) is 3.59. The topological polar surface area (TPSA) is 54.0 Å². The Balaban J connectivity index is 1.79. The number of benzene rings is 2. The van der Waals surface area contributed by atoms with Crippen molar-refractivity contribution in [2.75, 3.05) is 10.6 Å². The standard InChI is InChI=1S/C19H15ClFN3O/c1-12-8-14(20)6-7-17(12)24-19(25)13-9-15(11-22-10-13)23-18-5-3-2-4-16(18)21/h2-11,23H,1H3,(H,24,25). The molecule has 25 heavy (non-hydrogen) atoms. The Labute approximate surface area is 149 Å². The quantitative estimate of drug-likeness (QED) is 0.678. The zero-order valence-electron chi connectivity index (χ0n) is 13.4. The predicted molar refractivity (Wildman–Crippen MR) is 98.1 cm³/mol. The van der Waals surface area contributed by atoms with E-state index in [1.54, 1.807) is 42.5 Å². The molecule has 4 nitrogen and oxygen atoms in total. The molecule has 0 saturated carbocycles. The van der Waals surface area contributed by atoms with Crippen LogP contribution in [-0.2, 0) is 0 Å². The smallest absolute Gasteiger partial charge is 0.257 e. The summed E-state index contributed by atoms with van der Waals surface area (Å²) in [6.07, 6.45) is 2.98. The van der Waals surface area contributed by atoms with Crippen molar-refractivity contribution in [3.63, 3.8) is 0 Å². The van der Waals surface area contributed by atoms with Crippen LogP contribution in [0.1, 0.15) is 15.9 Å². The predicted octanol–water partition coefficient (Wildman–Crippen LogP) is 5.18. The van der Waals surface area contributed by atoms with Crippen LogP contribution in [0, 0.1) is 12.7 Å². The minimum Gasteiger partial charge on any atom is -0.352 e. The molecular formula is C19H15ClFN3O. The highest BCUT2D eigenvalue weighted by Crippen LogP contribution is 2.22. The van der Waals surface area contributed by atoms with Crippen LogP contribution in [0.3, 0.4) is 0 Å². The van der Waals surface area contributed by atoms with Crippen molar-refractivity contribution in [1.82, 2.24) is 4.98 Å². The monoisotopic (exact) mass is 355 g/mol. The zero-order valence-corrected chi connectivity index (χ0v) is 14.1. The van der Waals surface area contributed by atoms with Gasteiger partial charge in [0.1, 0.15) is 5.82 Å². The van der Waals surface area contributed by atoms with E-state index < -0.39 is 0 Å². The summed E-state index contributed by atoms with van der Waals surface area (Å²) in [5.41, 5.74) is 2.72. The number of carbonyl (C=O) groups excluding carboxylic acids is 1. The zero-order chi connectivity index (χ0) is 17.8. The highest BCUT2D eigenvalue weighted by atomic mass is 35.5. The molecule has 0 atom stereocenters. The highest BCUT2D eigenvalue weighted by Gasteiger charge is 2.10. The number of amides is 1. The van der Waals surface area contributed by atoms with E-state index in [0.717, 1.165) is 5.56 Å². The van der Waals surface area contributed by atoms with Crippen molar-refractivity contribution in [1.29, 1.82) is 0 Å². The van der Waals surface area contributed by atoms with E-state index in [4.69, 9.17) is 11.6 Å². The SMILES string of the molecule is Cc1cc(Cl)ccc1NC(=O)c1cncc(Nc2ccccc2F)c1. The summed E-state index contributed by atoms with van der Waals surface area (Å²) in [6.45, 7) is 1.86. The second-order valence-electron chi connectivity index (χ2n) is 5.48. The van der Waals surface area contributed by atoms with Crippen molar-refractivity contribution >= 4 is 34.6 Å². The molecule has 1 heterocycles. The molecule has 1 amide bonds. The van der Waals surface area contributed by atoms with Gasteiger partial charge in [-0.2, -0.15) is 0 Å². The summed E-state index contributed by atoms with van der Waals surface area (Å²) in [7, 11) is 0. The number of carbonyl (C=O) groups is 1. The average molecular weight is 356 g/mol. The summed E-state index contributed by atoms with van der Waals surface area (Å²) in [5, 5.41) is 6.34. The van der Waals surface area contributed by atoms with Gasteiger partial charge in [0.25, 0.3) is 5.91 Å². The number of para-hydroxylation sites is 1. The van der Waals surface area contributed by atoms with Crippen molar-refractivity contribution in [2.24, 2.45) is 0 Å². The van der Waals surface area contributed by atoms with Crippen LogP contribution in [0.5, 0.6) is 0 Å². The van der Waals surface area contributed by atoms with Crippen LogP contribution in [-0.4, -0.2) is 10.9 Å². The summed E-state index contributed by atoms with van der Waals surface area (Å²) in [5.74, 6) is -0.691. The Hall–Kier alpha value is -2.92. The van der Waals surface area contributed by atoms with Crippen LogP contribution < -0.4 is 10.6 Å². The Kier molecular flexibility index (Phi) is 4.95. The molecule has 0 fully saturated rings. The molecule has 1 aromatic heterocycles. The minimum atomic E-state index is -0.380. The van der Waals surface area contributed by atoms with Crippen molar-refractivity contribution in [3.8, 4) is 0 Å². The van der Waals surface area contributed by atoms with Crippen LogP contribution in [0.2, 0.25) is 5.02 Å². The fourth-order valence-electron chi connectivity index (χ4n) is 2.31. The van der Waals surface area contributed by atoms with Gasteiger partial charge >= 0.3 is 0 Å². The number of nitrogens with zero attached hydrogens (tertiary/aromatic N) is 1. The molecule has 2 N–H and O–H groups in total. The van der Waals surface area contributed by atoms with Crippen LogP contribution in [0.15, 0.2) is 60.9 Å². The van der Waals surface area contributed by atoms with Gasteiger partial charge in [-0.3, -0.25) is 9.78 Å². The Morgan fingerprint density at radius 3 is 2.64 bits per heavy atom. The first kappa shape index (κ1) is 16.9. The molecule has 0 spiro atoms. The minimum absolute atomic E-state index is 0.310. The van der Waals surface area contributed by atoms with E-state index in [-0.39, 0.29) is 11.7 Å². The van der Waals surface area contributed by atoms with Crippen LogP contribution >= 0.6 is 11.6 Å². The van der Waals surface area contributed by atoms with Gasteiger partial charge in [0.2, 0.25) is 0 Å². The van der Waals surface area contributed by atoms with E-state index in [1.807, 2.05) is 6.92 Å². The molecular weight excluding hydrogens is 341 g/mol. The van der Waals surface area contributed by atoms with E-state index >= 15 is 0 Å². The Morgan fingerprint density at radius 1 is 1.08 bits per heavy atom. The van der Waals surface area contributed by atoms with E-state index in [0.29, 0.717) is 27.6 Å².